The van der Waals surface area contributed by atoms with Crippen LogP contribution in [0.1, 0.15) is 43.0 Å². The van der Waals surface area contributed by atoms with Crippen molar-refractivity contribution < 1.29 is 4.79 Å². The van der Waals surface area contributed by atoms with E-state index in [2.05, 4.69) is 16.9 Å². The van der Waals surface area contributed by atoms with Crippen molar-refractivity contribution in [2.24, 2.45) is 11.8 Å². The molecule has 2 rings (SSSR count). The molecule has 0 bridgehead atoms. The summed E-state index contributed by atoms with van der Waals surface area (Å²) in [5.74, 6) is 1.18. The molecule has 1 fully saturated rings. The molecule has 1 aliphatic rings. The van der Waals surface area contributed by atoms with Gasteiger partial charge in [-0.1, -0.05) is 13.3 Å². The number of Topliss-reactive ketones (excluding diaryl/α,β-unsaturated/α-hetero) is 1. The number of carbonyl (C=O) groups is 1. The molecule has 1 heterocycles. The second-order valence-electron chi connectivity index (χ2n) is 4.28. The Morgan fingerprint density at radius 2 is 2.13 bits per heavy atom. The molecule has 15 heavy (non-hydrogen) atoms. The van der Waals surface area contributed by atoms with Crippen molar-refractivity contribution >= 4 is 5.78 Å². The van der Waals surface area contributed by atoms with Crippen molar-refractivity contribution in [1.82, 2.24) is 9.97 Å². The highest BCUT2D eigenvalue weighted by molar-refractivity contribution is 5.97. The summed E-state index contributed by atoms with van der Waals surface area (Å²) in [7, 11) is 0. The molecule has 1 saturated carbocycles. The van der Waals surface area contributed by atoms with Gasteiger partial charge >= 0.3 is 0 Å². The van der Waals surface area contributed by atoms with E-state index in [1.54, 1.807) is 12.4 Å². The van der Waals surface area contributed by atoms with Crippen LogP contribution in [0.3, 0.4) is 0 Å². The van der Waals surface area contributed by atoms with Gasteiger partial charge in [0, 0.05) is 18.3 Å². The summed E-state index contributed by atoms with van der Waals surface area (Å²) < 4.78 is 0. The van der Waals surface area contributed by atoms with Gasteiger partial charge < -0.3 is 0 Å². The second-order valence-corrected chi connectivity index (χ2v) is 4.28. The van der Waals surface area contributed by atoms with Gasteiger partial charge in [-0.3, -0.25) is 4.79 Å². The lowest BCUT2D eigenvalue weighted by Crippen LogP contribution is -2.12. The Bertz CT molecular complexity index is 337. The largest absolute Gasteiger partial charge is 0.294 e. The van der Waals surface area contributed by atoms with Gasteiger partial charge in [-0.25, -0.2) is 9.97 Å². The minimum absolute atomic E-state index is 0.209. The van der Waals surface area contributed by atoms with Crippen LogP contribution >= 0.6 is 0 Å². The number of ketones is 1. The summed E-state index contributed by atoms with van der Waals surface area (Å²) in [6.45, 7) is 2.20. The lowest BCUT2D eigenvalue weighted by Gasteiger charge is -2.08. The molecule has 2 unspecified atom stereocenters. The molecular weight excluding hydrogens is 188 g/mol. The van der Waals surface area contributed by atoms with Gasteiger partial charge in [0.05, 0.1) is 5.56 Å². The second kappa shape index (κ2) is 4.51. The van der Waals surface area contributed by atoms with Crippen LogP contribution in [0.4, 0.5) is 0 Å². The third kappa shape index (κ3) is 2.22. The van der Waals surface area contributed by atoms with Gasteiger partial charge in [-0.05, 0) is 25.2 Å². The maximum atomic E-state index is 12.0. The molecule has 0 N–H and O–H groups in total. The summed E-state index contributed by atoms with van der Waals surface area (Å²) in [5.41, 5.74) is 0.666. The molecule has 0 saturated heterocycles. The molecule has 0 aliphatic heterocycles. The smallest absolute Gasteiger partial charge is 0.169 e. The molecule has 1 aliphatic carbocycles. The van der Waals surface area contributed by atoms with E-state index in [0.29, 0.717) is 5.56 Å². The quantitative estimate of drug-likeness (QED) is 0.710. The van der Waals surface area contributed by atoms with Gasteiger partial charge in [0.1, 0.15) is 6.33 Å². The molecule has 1 aromatic rings. The van der Waals surface area contributed by atoms with E-state index in [0.717, 1.165) is 18.8 Å². The Labute approximate surface area is 89.9 Å². The predicted octanol–water partition coefficient (Wildman–Crippen LogP) is 2.49. The van der Waals surface area contributed by atoms with E-state index >= 15 is 0 Å². The van der Waals surface area contributed by atoms with Crippen LogP contribution in [-0.2, 0) is 0 Å². The maximum Gasteiger partial charge on any atom is 0.169 e. The summed E-state index contributed by atoms with van der Waals surface area (Å²) in [4.78, 5) is 19.8. The molecule has 0 aromatic carbocycles. The lowest BCUT2D eigenvalue weighted by molar-refractivity contribution is 0.0919. The fourth-order valence-corrected chi connectivity index (χ4v) is 2.35. The maximum absolute atomic E-state index is 12.0. The van der Waals surface area contributed by atoms with Crippen LogP contribution in [0.2, 0.25) is 0 Å². The van der Waals surface area contributed by atoms with Gasteiger partial charge in [0.25, 0.3) is 0 Å². The van der Waals surface area contributed by atoms with Gasteiger partial charge in [-0.2, -0.15) is 0 Å². The third-order valence-electron chi connectivity index (χ3n) is 3.33. The Morgan fingerprint density at radius 3 is 2.73 bits per heavy atom. The highest BCUT2D eigenvalue weighted by Crippen LogP contribution is 2.34. The van der Waals surface area contributed by atoms with Crippen LogP contribution in [0, 0.1) is 11.8 Å². The van der Waals surface area contributed by atoms with Gasteiger partial charge in [0.2, 0.25) is 0 Å². The molecule has 1 aromatic heterocycles. The summed E-state index contributed by atoms with van der Waals surface area (Å²) in [6, 6.07) is 0. The molecule has 2 atom stereocenters. The summed E-state index contributed by atoms with van der Waals surface area (Å²) >= 11 is 0. The van der Waals surface area contributed by atoms with E-state index in [-0.39, 0.29) is 11.7 Å². The molecular formula is C12H16N2O. The van der Waals surface area contributed by atoms with Crippen LogP contribution in [0.5, 0.6) is 0 Å². The molecule has 0 radical (unpaired) electrons. The standard InChI is InChI=1S/C12H16N2O/c1-2-9-3-4-10(5-9)12(15)11-6-13-8-14-7-11/h6-10H,2-5H2,1H3. The van der Waals surface area contributed by atoms with E-state index in [4.69, 9.17) is 0 Å². The van der Waals surface area contributed by atoms with Crippen LogP contribution in [0.25, 0.3) is 0 Å². The predicted molar refractivity (Wildman–Crippen MR) is 57.5 cm³/mol. The first-order valence-electron chi connectivity index (χ1n) is 5.60. The monoisotopic (exact) mass is 204 g/mol. The van der Waals surface area contributed by atoms with E-state index in [1.165, 1.54) is 19.2 Å². The van der Waals surface area contributed by atoms with Gasteiger partial charge in [0.15, 0.2) is 5.78 Å². The summed E-state index contributed by atoms with van der Waals surface area (Å²) in [5, 5.41) is 0. The fourth-order valence-electron chi connectivity index (χ4n) is 2.35. The van der Waals surface area contributed by atoms with Crippen molar-refractivity contribution in [3.63, 3.8) is 0 Å². The molecule has 3 heteroatoms. The normalized spacial score (nSPS) is 25.4. The zero-order chi connectivity index (χ0) is 10.7. The number of carbonyl (C=O) groups excluding carboxylic acids is 1. The Morgan fingerprint density at radius 1 is 1.40 bits per heavy atom. The van der Waals surface area contributed by atoms with E-state index < -0.39 is 0 Å². The Hall–Kier alpha value is -1.25. The van der Waals surface area contributed by atoms with E-state index in [9.17, 15) is 4.79 Å². The number of rotatable bonds is 3. The van der Waals surface area contributed by atoms with Crippen molar-refractivity contribution in [2.45, 2.75) is 32.6 Å². The molecule has 3 nitrogen and oxygen atoms in total. The number of hydrogen-bond acceptors (Lipinski definition) is 3. The minimum Gasteiger partial charge on any atom is -0.294 e. The SMILES string of the molecule is CCC1CCC(C(=O)c2cncnc2)C1. The van der Waals surface area contributed by atoms with Crippen molar-refractivity contribution in [3.05, 3.63) is 24.3 Å². The average molecular weight is 204 g/mol. The zero-order valence-corrected chi connectivity index (χ0v) is 9.02. The van der Waals surface area contributed by atoms with Crippen molar-refractivity contribution in [2.75, 3.05) is 0 Å². The van der Waals surface area contributed by atoms with Gasteiger partial charge in [-0.15, -0.1) is 0 Å². The van der Waals surface area contributed by atoms with Crippen molar-refractivity contribution in [3.8, 4) is 0 Å². The van der Waals surface area contributed by atoms with Crippen LogP contribution in [0.15, 0.2) is 18.7 Å². The first-order chi connectivity index (χ1) is 7.31. The molecule has 0 amide bonds. The first-order valence-corrected chi connectivity index (χ1v) is 5.60. The number of hydrogen-bond donors (Lipinski definition) is 0. The topological polar surface area (TPSA) is 42.9 Å². The third-order valence-corrected chi connectivity index (χ3v) is 3.33. The summed E-state index contributed by atoms with van der Waals surface area (Å²) in [6.07, 6.45) is 9.16. The van der Waals surface area contributed by atoms with Crippen molar-refractivity contribution in [1.29, 1.82) is 0 Å². The Kier molecular flexibility index (Phi) is 3.09. The lowest BCUT2D eigenvalue weighted by atomic mass is 9.96. The zero-order valence-electron chi connectivity index (χ0n) is 9.02. The molecule has 80 valence electrons. The van der Waals surface area contributed by atoms with E-state index in [1.807, 2.05) is 0 Å². The first kappa shape index (κ1) is 10.3. The minimum atomic E-state index is 0.209. The highest BCUT2D eigenvalue weighted by Gasteiger charge is 2.29. The molecule has 0 spiro atoms. The highest BCUT2D eigenvalue weighted by atomic mass is 16.1. The Balaban J connectivity index is 2.04. The average Bonchev–Trinajstić information content (AvgIpc) is 2.78. The fraction of sp³-hybridized carbons (Fsp3) is 0.583. The number of aromatic nitrogens is 2. The number of nitrogens with zero attached hydrogens (tertiary/aromatic N) is 2. The van der Waals surface area contributed by atoms with Crippen LogP contribution < -0.4 is 0 Å². The van der Waals surface area contributed by atoms with Crippen LogP contribution in [-0.4, -0.2) is 15.8 Å².